The minimum atomic E-state index is -0.296. The van der Waals surface area contributed by atoms with Crippen LogP contribution >= 0.6 is 0 Å². The Morgan fingerprint density at radius 1 is 1.33 bits per heavy atom. The number of hydrogen-bond donors (Lipinski definition) is 2. The lowest BCUT2D eigenvalue weighted by Gasteiger charge is -2.28. The Bertz CT molecular complexity index is 394. The monoisotopic (exact) mass is 251 g/mol. The lowest BCUT2D eigenvalue weighted by atomic mass is 9.80. The number of nitrogens with one attached hydrogen (secondary N) is 1. The van der Waals surface area contributed by atoms with Gasteiger partial charge in [-0.25, -0.2) is 4.39 Å². The predicted octanol–water partition coefficient (Wildman–Crippen LogP) is 3.45. The quantitative estimate of drug-likeness (QED) is 0.859. The molecule has 0 bridgehead atoms. The first kappa shape index (κ1) is 13.3. The molecule has 2 N–H and O–H groups in total. The molecule has 0 aromatic heterocycles. The van der Waals surface area contributed by atoms with Gasteiger partial charge >= 0.3 is 0 Å². The molecule has 0 heterocycles. The van der Waals surface area contributed by atoms with Gasteiger partial charge in [0.1, 0.15) is 11.6 Å². The van der Waals surface area contributed by atoms with Crippen LogP contribution in [-0.4, -0.2) is 11.7 Å². The molecule has 1 saturated carbocycles. The van der Waals surface area contributed by atoms with E-state index in [1.807, 2.05) is 0 Å². The molecule has 2 atom stereocenters. The molecule has 0 saturated heterocycles. The summed E-state index contributed by atoms with van der Waals surface area (Å²) in [6.45, 7) is 3.80. The predicted molar refractivity (Wildman–Crippen MR) is 70.9 cm³/mol. The van der Waals surface area contributed by atoms with Crippen LogP contribution < -0.4 is 5.32 Å². The number of aromatic hydroxyl groups is 1. The van der Waals surface area contributed by atoms with E-state index in [0.29, 0.717) is 12.1 Å². The topological polar surface area (TPSA) is 32.3 Å². The van der Waals surface area contributed by atoms with Crippen molar-refractivity contribution in [2.75, 3.05) is 6.54 Å². The molecule has 0 amide bonds. The number of benzene rings is 1. The SMILES string of the molecule is CC1CCCCC1CNCc1cc(F)ccc1O. The van der Waals surface area contributed by atoms with Gasteiger partial charge in [0.05, 0.1) is 0 Å². The summed E-state index contributed by atoms with van der Waals surface area (Å²) in [6, 6.07) is 4.09. The average molecular weight is 251 g/mol. The van der Waals surface area contributed by atoms with Gasteiger partial charge in [-0.1, -0.05) is 26.2 Å². The van der Waals surface area contributed by atoms with Gasteiger partial charge in [-0.05, 0) is 43.0 Å². The van der Waals surface area contributed by atoms with Gasteiger partial charge in [-0.3, -0.25) is 0 Å². The number of phenolic OH excluding ortho intramolecular Hbond substituents is 1. The van der Waals surface area contributed by atoms with Crippen LogP contribution in [0.1, 0.15) is 38.2 Å². The average Bonchev–Trinajstić information content (AvgIpc) is 2.36. The molecular weight excluding hydrogens is 229 g/mol. The zero-order chi connectivity index (χ0) is 13.0. The smallest absolute Gasteiger partial charge is 0.123 e. The molecule has 18 heavy (non-hydrogen) atoms. The molecule has 1 aromatic rings. The van der Waals surface area contributed by atoms with Gasteiger partial charge < -0.3 is 10.4 Å². The van der Waals surface area contributed by atoms with E-state index in [2.05, 4.69) is 12.2 Å². The molecule has 1 aromatic carbocycles. The molecular formula is C15H22FNO. The Morgan fingerprint density at radius 3 is 2.89 bits per heavy atom. The fourth-order valence-electron chi connectivity index (χ4n) is 2.78. The summed E-state index contributed by atoms with van der Waals surface area (Å²) in [6.07, 6.45) is 5.27. The fourth-order valence-corrected chi connectivity index (χ4v) is 2.78. The Kier molecular flexibility index (Phi) is 4.59. The van der Waals surface area contributed by atoms with Crippen molar-refractivity contribution in [3.63, 3.8) is 0 Å². The summed E-state index contributed by atoms with van der Waals surface area (Å²) in [5.74, 6) is 1.36. The van der Waals surface area contributed by atoms with Crippen molar-refractivity contribution in [3.05, 3.63) is 29.6 Å². The first-order valence-electron chi connectivity index (χ1n) is 6.85. The second-order valence-electron chi connectivity index (χ2n) is 5.43. The third-order valence-electron chi connectivity index (χ3n) is 4.05. The van der Waals surface area contributed by atoms with Gasteiger partial charge in [0.25, 0.3) is 0 Å². The van der Waals surface area contributed by atoms with E-state index in [4.69, 9.17) is 0 Å². The summed E-state index contributed by atoms with van der Waals surface area (Å²) < 4.78 is 13.1. The van der Waals surface area contributed by atoms with E-state index in [1.54, 1.807) is 0 Å². The molecule has 2 nitrogen and oxygen atoms in total. The van der Waals surface area contributed by atoms with Crippen molar-refractivity contribution < 1.29 is 9.50 Å². The van der Waals surface area contributed by atoms with Crippen molar-refractivity contribution in [1.82, 2.24) is 5.32 Å². The van der Waals surface area contributed by atoms with Gasteiger partial charge in [0, 0.05) is 12.1 Å². The van der Waals surface area contributed by atoms with Crippen LogP contribution in [0.5, 0.6) is 5.75 Å². The molecule has 2 unspecified atom stereocenters. The van der Waals surface area contributed by atoms with Crippen LogP contribution in [0, 0.1) is 17.7 Å². The minimum Gasteiger partial charge on any atom is -0.508 e. The summed E-state index contributed by atoms with van der Waals surface area (Å²) in [7, 11) is 0. The third-order valence-corrected chi connectivity index (χ3v) is 4.05. The second-order valence-corrected chi connectivity index (χ2v) is 5.43. The first-order chi connectivity index (χ1) is 8.66. The first-order valence-corrected chi connectivity index (χ1v) is 6.85. The number of hydrogen-bond acceptors (Lipinski definition) is 2. The molecule has 2 rings (SSSR count). The van der Waals surface area contributed by atoms with E-state index in [9.17, 15) is 9.50 Å². The van der Waals surface area contributed by atoms with Crippen LogP contribution in [0.4, 0.5) is 4.39 Å². The van der Waals surface area contributed by atoms with E-state index >= 15 is 0 Å². The highest BCUT2D eigenvalue weighted by Gasteiger charge is 2.20. The molecule has 0 aliphatic heterocycles. The number of phenols is 1. The Balaban J connectivity index is 1.82. The van der Waals surface area contributed by atoms with E-state index in [0.717, 1.165) is 18.4 Å². The molecule has 1 aliphatic carbocycles. The van der Waals surface area contributed by atoms with E-state index in [-0.39, 0.29) is 11.6 Å². The molecule has 100 valence electrons. The maximum Gasteiger partial charge on any atom is 0.123 e. The highest BCUT2D eigenvalue weighted by molar-refractivity contribution is 5.32. The lowest BCUT2D eigenvalue weighted by molar-refractivity contribution is 0.247. The maximum absolute atomic E-state index is 13.1. The molecule has 1 fully saturated rings. The highest BCUT2D eigenvalue weighted by Crippen LogP contribution is 2.29. The summed E-state index contributed by atoms with van der Waals surface area (Å²) in [5.41, 5.74) is 0.637. The zero-order valence-electron chi connectivity index (χ0n) is 11.0. The normalized spacial score (nSPS) is 24.1. The van der Waals surface area contributed by atoms with Crippen molar-refractivity contribution in [2.24, 2.45) is 11.8 Å². The summed E-state index contributed by atoms with van der Waals surface area (Å²) in [4.78, 5) is 0. The Morgan fingerprint density at radius 2 is 2.11 bits per heavy atom. The van der Waals surface area contributed by atoms with Crippen molar-refractivity contribution in [2.45, 2.75) is 39.2 Å². The van der Waals surface area contributed by atoms with Gasteiger partial charge in [-0.2, -0.15) is 0 Å². The van der Waals surface area contributed by atoms with Gasteiger partial charge in [-0.15, -0.1) is 0 Å². The summed E-state index contributed by atoms with van der Waals surface area (Å²) >= 11 is 0. The molecule has 0 radical (unpaired) electrons. The fraction of sp³-hybridized carbons (Fsp3) is 0.600. The van der Waals surface area contributed by atoms with Crippen molar-refractivity contribution >= 4 is 0 Å². The lowest BCUT2D eigenvalue weighted by Crippen LogP contribution is -2.29. The Hall–Kier alpha value is -1.09. The number of rotatable bonds is 4. The zero-order valence-corrected chi connectivity index (χ0v) is 11.0. The molecule has 1 aliphatic rings. The maximum atomic E-state index is 13.1. The van der Waals surface area contributed by atoms with Crippen LogP contribution in [-0.2, 0) is 6.54 Å². The number of halogens is 1. The third kappa shape index (κ3) is 3.45. The summed E-state index contributed by atoms with van der Waals surface area (Å²) in [5, 5.41) is 13.0. The second kappa shape index (κ2) is 6.19. The highest BCUT2D eigenvalue weighted by atomic mass is 19.1. The minimum absolute atomic E-state index is 0.167. The van der Waals surface area contributed by atoms with Crippen LogP contribution in [0.15, 0.2) is 18.2 Å². The van der Waals surface area contributed by atoms with Crippen molar-refractivity contribution in [1.29, 1.82) is 0 Å². The standard InChI is InChI=1S/C15H22FNO/c1-11-4-2-3-5-12(11)9-17-10-13-8-14(16)6-7-15(13)18/h6-8,11-12,17-18H,2-5,9-10H2,1H3. The van der Waals surface area contributed by atoms with Crippen molar-refractivity contribution in [3.8, 4) is 5.75 Å². The van der Waals surface area contributed by atoms with Gasteiger partial charge in [0.2, 0.25) is 0 Å². The van der Waals surface area contributed by atoms with Gasteiger partial charge in [0.15, 0.2) is 0 Å². The van der Waals surface area contributed by atoms with Crippen LogP contribution in [0.2, 0.25) is 0 Å². The molecule has 3 heteroatoms. The largest absolute Gasteiger partial charge is 0.508 e. The molecule has 0 spiro atoms. The van der Waals surface area contributed by atoms with E-state index < -0.39 is 0 Å². The Labute approximate surface area is 108 Å². The van der Waals surface area contributed by atoms with Crippen LogP contribution in [0.25, 0.3) is 0 Å². The van der Waals surface area contributed by atoms with Crippen LogP contribution in [0.3, 0.4) is 0 Å². The van der Waals surface area contributed by atoms with E-state index in [1.165, 1.54) is 43.9 Å².